The molecule has 2 aromatic heterocycles. The number of carbonyl (C=O) groups excluding carboxylic acids is 2. The van der Waals surface area contributed by atoms with E-state index in [1.807, 2.05) is 29.7 Å². The van der Waals surface area contributed by atoms with Crippen LogP contribution in [0.4, 0.5) is 0 Å². The van der Waals surface area contributed by atoms with Crippen LogP contribution >= 0.6 is 39.0 Å². The van der Waals surface area contributed by atoms with Crippen molar-refractivity contribution in [2.75, 3.05) is 5.75 Å². The Bertz CT molecular complexity index is 985. The fourth-order valence-corrected chi connectivity index (χ4v) is 4.18. The van der Waals surface area contributed by atoms with Crippen molar-refractivity contribution in [3.63, 3.8) is 0 Å². The van der Waals surface area contributed by atoms with Gasteiger partial charge in [-0.1, -0.05) is 17.8 Å². The summed E-state index contributed by atoms with van der Waals surface area (Å²) in [6, 6.07) is 9.51. The minimum absolute atomic E-state index is 0.0952. The van der Waals surface area contributed by atoms with Crippen LogP contribution in [0.25, 0.3) is 5.69 Å². The zero-order valence-electron chi connectivity index (χ0n) is 14.5. The first-order valence-electron chi connectivity index (χ1n) is 7.89. The number of hydrazine groups is 1. The molecule has 3 rings (SSSR count). The highest BCUT2D eigenvalue weighted by Gasteiger charge is 2.13. The molecular weight excluding hydrogens is 450 g/mol. The standard InChI is InChI=1S/C17H16BrN5O2S2/c1-10-3-4-12(7-11(10)2)23-9-19-22-17(23)26-8-15(24)20-21-16(25)13-5-6-14(18)27-13/h3-7,9H,8H2,1-2H3,(H,20,24)(H,21,25). The zero-order valence-corrected chi connectivity index (χ0v) is 17.7. The van der Waals surface area contributed by atoms with Crippen molar-refractivity contribution in [2.45, 2.75) is 19.0 Å². The van der Waals surface area contributed by atoms with Gasteiger partial charge in [0.1, 0.15) is 6.33 Å². The van der Waals surface area contributed by atoms with Crippen LogP contribution in [0.1, 0.15) is 20.8 Å². The van der Waals surface area contributed by atoms with E-state index in [1.54, 1.807) is 18.5 Å². The van der Waals surface area contributed by atoms with Gasteiger partial charge in [0.15, 0.2) is 5.16 Å². The summed E-state index contributed by atoms with van der Waals surface area (Å²) in [5, 5.41) is 8.60. The number of nitrogens with zero attached hydrogens (tertiary/aromatic N) is 3. The van der Waals surface area contributed by atoms with Crippen molar-refractivity contribution in [2.24, 2.45) is 0 Å². The number of aryl methyl sites for hydroxylation is 2. The van der Waals surface area contributed by atoms with Gasteiger partial charge in [-0.05, 0) is 65.2 Å². The second-order valence-electron chi connectivity index (χ2n) is 5.65. The van der Waals surface area contributed by atoms with E-state index in [0.717, 1.165) is 15.0 Å². The van der Waals surface area contributed by atoms with Crippen molar-refractivity contribution < 1.29 is 9.59 Å². The van der Waals surface area contributed by atoms with Crippen LogP contribution < -0.4 is 10.9 Å². The van der Waals surface area contributed by atoms with Crippen LogP contribution in [0.15, 0.2) is 45.6 Å². The van der Waals surface area contributed by atoms with E-state index in [0.29, 0.717) is 10.0 Å². The van der Waals surface area contributed by atoms with E-state index >= 15 is 0 Å². The minimum Gasteiger partial charge on any atom is -0.277 e. The van der Waals surface area contributed by atoms with Crippen molar-refractivity contribution >= 4 is 50.8 Å². The molecule has 0 aliphatic heterocycles. The Hall–Kier alpha value is -2.17. The summed E-state index contributed by atoms with van der Waals surface area (Å²) in [5.74, 6) is -0.598. The summed E-state index contributed by atoms with van der Waals surface area (Å²) in [5.41, 5.74) is 8.10. The molecule has 2 N–H and O–H groups in total. The second kappa shape index (κ2) is 8.68. The molecule has 0 aliphatic carbocycles. The number of benzene rings is 1. The van der Waals surface area contributed by atoms with Gasteiger partial charge < -0.3 is 0 Å². The maximum Gasteiger partial charge on any atom is 0.279 e. The number of nitrogens with one attached hydrogen (secondary N) is 2. The quantitative estimate of drug-likeness (QED) is 0.445. The highest BCUT2D eigenvalue weighted by atomic mass is 79.9. The number of hydrogen-bond donors (Lipinski definition) is 2. The Morgan fingerprint density at radius 3 is 2.70 bits per heavy atom. The van der Waals surface area contributed by atoms with E-state index in [9.17, 15) is 9.59 Å². The Morgan fingerprint density at radius 2 is 2.00 bits per heavy atom. The lowest BCUT2D eigenvalue weighted by molar-refractivity contribution is -0.119. The van der Waals surface area contributed by atoms with Gasteiger partial charge in [-0.3, -0.25) is 25.0 Å². The topological polar surface area (TPSA) is 88.9 Å². The van der Waals surface area contributed by atoms with Crippen molar-refractivity contribution in [1.29, 1.82) is 0 Å². The molecule has 0 radical (unpaired) electrons. The summed E-state index contributed by atoms with van der Waals surface area (Å²) < 4.78 is 2.67. The number of carbonyl (C=O) groups is 2. The fraction of sp³-hybridized carbons (Fsp3) is 0.176. The SMILES string of the molecule is Cc1ccc(-n2cnnc2SCC(=O)NNC(=O)c2ccc(Br)s2)cc1C. The second-order valence-corrected chi connectivity index (χ2v) is 9.05. The number of hydrogen-bond acceptors (Lipinski definition) is 6. The lowest BCUT2D eigenvalue weighted by Crippen LogP contribution is -2.42. The molecule has 0 saturated carbocycles. The maximum atomic E-state index is 12.0. The van der Waals surface area contributed by atoms with E-state index in [4.69, 9.17) is 0 Å². The third-order valence-corrected chi connectivity index (χ3v) is 6.30. The summed E-state index contributed by atoms with van der Waals surface area (Å²) in [4.78, 5) is 24.4. The van der Waals surface area contributed by atoms with E-state index in [-0.39, 0.29) is 17.6 Å². The van der Waals surface area contributed by atoms with E-state index < -0.39 is 0 Å². The molecular formula is C17H16BrN5O2S2. The first-order chi connectivity index (χ1) is 12.9. The molecule has 0 spiro atoms. The molecule has 10 heteroatoms. The highest BCUT2D eigenvalue weighted by Crippen LogP contribution is 2.22. The van der Waals surface area contributed by atoms with E-state index in [1.165, 1.54) is 28.7 Å². The molecule has 0 bridgehead atoms. The van der Waals surface area contributed by atoms with Crippen molar-refractivity contribution in [3.8, 4) is 5.69 Å². The van der Waals surface area contributed by atoms with Gasteiger partial charge in [0.25, 0.3) is 5.91 Å². The smallest absolute Gasteiger partial charge is 0.277 e. The van der Waals surface area contributed by atoms with Gasteiger partial charge in [0, 0.05) is 5.69 Å². The lowest BCUT2D eigenvalue weighted by Gasteiger charge is -2.09. The number of thioether (sulfide) groups is 1. The average molecular weight is 466 g/mol. The van der Waals surface area contributed by atoms with Crippen LogP contribution in [0.5, 0.6) is 0 Å². The molecule has 2 amide bonds. The van der Waals surface area contributed by atoms with Crippen LogP contribution in [0, 0.1) is 13.8 Å². The summed E-state index contributed by atoms with van der Waals surface area (Å²) in [6.45, 7) is 4.09. The highest BCUT2D eigenvalue weighted by molar-refractivity contribution is 9.11. The van der Waals surface area contributed by atoms with Gasteiger partial charge in [0.2, 0.25) is 5.91 Å². The minimum atomic E-state index is -0.359. The first-order valence-corrected chi connectivity index (χ1v) is 10.5. The molecule has 0 unspecified atom stereocenters. The molecule has 2 heterocycles. The van der Waals surface area contributed by atoms with Crippen molar-refractivity contribution in [3.05, 3.63) is 56.4 Å². The molecule has 0 saturated heterocycles. The number of aromatic nitrogens is 3. The monoisotopic (exact) mass is 465 g/mol. The molecule has 3 aromatic rings. The third-order valence-electron chi connectivity index (χ3n) is 3.73. The predicted molar refractivity (Wildman–Crippen MR) is 109 cm³/mol. The fourth-order valence-electron chi connectivity index (χ4n) is 2.17. The molecule has 7 nitrogen and oxygen atoms in total. The lowest BCUT2D eigenvalue weighted by atomic mass is 10.1. The Labute approximate surface area is 172 Å². The number of halogens is 1. The Kier molecular flexibility index (Phi) is 6.30. The van der Waals surface area contributed by atoms with Crippen LogP contribution in [0.2, 0.25) is 0 Å². The van der Waals surface area contributed by atoms with Gasteiger partial charge in [-0.2, -0.15) is 0 Å². The number of thiophene rings is 1. The maximum absolute atomic E-state index is 12.0. The normalized spacial score (nSPS) is 10.6. The first kappa shape index (κ1) is 19.6. The predicted octanol–water partition coefficient (Wildman–Crippen LogP) is 3.26. The summed E-state index contributed by atoms with van der Waals surface area (Å²) >= 11 is 5.82. The molecule has 0 aliphatic rings. The molecule has 0 fully saturated rings. The van der Waals surface area contributed by atoms with Gasteiger partial charge in [0.05, 0.1) is 14.4 Å². The van der Waals surface area contributed by atoms with Crippen LogP contribution in [0.3, 0.4) is 0 Å². The molecule has 27 heavy (non-hydrogen) atoms. The van der Waals surface area contributed by atoms with Crippen molar-refractivity contribution in [1.82, 2.24) is 25.6 Å². The third kappa shape index (κ3) is 4.96. The van der Waals surface area contributed by atoms with Crippen LogP contribution in [-0.4, -0.2) is 32.3 Å². The van der Waals surface area contributed by atoms with E-state index in [2.05, 4.69) is 43.9 Å². The number of amides is 2. The van der Waals surface area contributed by atoms with Gasteiger partial charge in [-0.25, -0.2) is 0 Å². The Balaban J connectivity index is 1.56. The molecule has 1 aromatic carbocycles. The van der Waals surface area contributed by atoms with Gasteiger partial charge >= 0.3 is 0 Å². The largest absolute Gasteiger partial charge is 0.279 e. The van der Waals surface area contributed by atoms with Crippen LogP contribution in [-0.2, 0) is 4.79 Å². The summed E-state index contributed by atoms with van der Waals surface area (Å²) in [7, 11) is 0. The Morgan fingerprint density at radius 1 is 1.19 bits per heavy atom. The zero-order chi connectivity index (χ0) is 19.4. The van der Waals surface area contributed by atoms with Gasteiger partial charge in [-0.15, -0.1) is 21.5 Å². The number of rotatable bonds is 5. The molecule has 0 atom stereocenters. The average Bonchev–Trinajstić information content (AvgIpc) is 3.29. The molecule has 140 valence electrons. The summed E-state index contributed by atoms with van der Waals surface area (Å²) in [6.07, 6.45) is 1.61.